The molecule has 0 unspecified atom stereocenters. The van der Waals surface area contributed by atoms with E-state index in [1.165, 1.54) is 6.42 Å². The van der Waals surface area contributed by atoms with Crippen LogP contribution >= 0.6 is 0 Å². The van der Waals surface area contributed by atoms with Crippen molar-refractivity contribution < 1.29 is 4.79 Å². The van der Waals surface area contributed by atoms with Crippen molar-refractivity contribution in [3.8, 4) is 0 Å². The van der Waals surface area contributed by atoms with Gasteiger partial charge in [-0.3, -0.25) is 4.79 Å². The standard InChI is InChI=1S/C17H22N4O/c1-17(5-6-17)15(22)12-10-20-16-14(12)13(4-8-19-16)21-11-3-2-7-18-9-11/h4,8,10-11,18H,2-3,5-7,9H2,1H3,(H2,19,20,21)/t11-/m1/s1. The lowest BCUT2D eigenvalue weighted by atomic mass is 9.96. The zero-order valence-electron chi connectivity index (χ0n) is 12.9. The van der Waals surface area contributed by atoms with Gasteiger partial charge in [-0.2, -0.15) is 0 Å². The van der Waals surface area contributed by atoms with Crippen molar-refractivity contribution in [2.24, 2.45) is 5.41 Å². The largest absolute Gasteiger partial charge is 0.380 e. The summed E-state index contributed by atoms with van der Waals surface area (Å²) in [5.41, 5.74) is 2.44. The Morgan fingerprint density at radius 1 is 1.45 bits per heavy atom. The van der Waals surface area contributed by atoms with E-state index >= 15 is 0 Å². The molecule has 0 amide bonds. The first kappa shape index (κ1) is 13.8. The van der Waals surface area contributed by atoms with Crippen molar-refractivity contribution in [1.82, 2.24) is 15.3 Å². The number of pyridine rings is 1. The lowest BCUT2D eigenvalue weighted by Crippen LogP contribution is -2.38. The second-order valence-corrected chi connectivity index (χ2v) is 6.86. The monoisotopic (exact) mass is 298 g/mol. The van der Waals surface area contributed by atoms with Gasteiger partial charge in [0.05, 0.1) is 5.39 Å². The Morgan fingerprint density at radius 3 is 3.05 bits per heavy atom. The Bertz CT molecular complexity index is 711. The molecule has 2 aliphatic rings. The lowest BCUT2D eigenvalue weighted by molar-refractivity contribution is 0.0914. The molecule has 5 heteroatoms. The lowest BCUT2D eigenvalue weighted by Gasteiger charge is -2.25. The van der Waals surface area contributed by atoms with Crippen molar-refractivity contribution in [3.63, 3.8) is 0 Å². The summed E-state index contributed by atoms with van der Waals surface area (Å²) in [4.78, 5) is 20.3. The van der Waals surface area contributed by atoms with Gasteiger partial charge in [-0.1, -0.05) is 6.92 Å². The zero-order chi connectivity index (χ0) is 15.2. The number of Topliss-reactive ketones (excluding diaryl/α,β-unsaturated/α-hetero) is 1. The SMILES string of the molecule is CC1(C(=O)c2c[nH]c3nccc(N[C@@H]4CCCNC4)c23)CC1. The van der Waals surface area contributed by atoms with Crippen LogP contribution in [-0.4, -0.2) is 34.9 Å². The van der Waals surface area contributed by atoms with Crippen LogP contribution in [0.3, 0.4) is 0 Å². The van der Waals surface area contributed by atoms with Gasteiger partial charge in [-0.05, 0) is 38.3 Å². The molecule has 2 aromatic heterocycles. The number of hydrogen-bond donors (Lipinski definition) is 3. The first-order valence-corrected chi connectivity index (χ1v) is 8.15. The van der Waals surface area contributed by atoms with Crippen molar-refractivity contribution in [3.05, 3.63) is 24.0 Å². The number of piperidine rings is 1. The third-order valence-corrected chi connectivity index (χ3v) is 5.02. The van der Waals surface area contributed by atoms with E-state index < -0.39 is 0 Å². The average Bonchev–Trinajstić information content (AvgIpc) is 3.14. The number of carbonyl (C=O) groups excluding carboxylic acids is 1. The Hall–Kier alpha value is -1.88. The molecule has 2 aromatic rings. The fraction of sp³-hybridized carbons (Fsp3) is 0.529. The van der Waals surface area contributed by atoms with Gasteiger partial charge in [0.1, 0.15) is 5.65 Å². The predicted molar refractivity (Wildman–Crippen MR) is 87.3 cm³/mol. The molecule has 5 nitrogen and oxygen atoms in total. The van der Waals surface area contributed by atoms with Gasteiger partial charge in [0.15, 0.2) is 5.78 Å². The normalized spacial score (nSPS) is 23.4. The molecule has 1 aliphatic heterocycles. The number of nitrogens with one attached hydrogen (secondary N) is 3. The first-order valence-electron chi connectivity index (χ1n) is 8.15. The highest BCUT2D eigenvalue weighted by Crippen LogP contribution is 2.48. The fourth-order valence-electron chi connectivity index (χ4n) is 3.29. The first-order chi connectivity index (χ1) is 10.7. The average molecular weight is 298 g/mol. The predicted octanol–water partition coefficient (Wildman–Crippen LogP) is 2.71. The van der Waals surface area contributed by atoms with Gasteiger partial charge in [-0.15, -0.1) is 0 Å². The van der Waals surface area contributed by atoms with E-state index in [1.807, 2.05) is 12.3 Å². The zero-order valence-corrected chi connectivity index (χ0v) is 12.9. The van der Waals surface area contributed by atoms with E-state index in [0.29, 0.717) is 6.04 Å². The number of hydrogen-bond acceptors (Lipinski definition) is 4. The third-order valence-electron chi connectivity index (χ3n) is 5.02. The summed E-state index contributed by atoms with van der Waals surface area (Å²) in [6.45, 7) is 4.12. The van der Waals surface area contributed by atoms with Gasteiger partial charge >= 0.3 is 0 Å². The summed E-state index contributed by atoms with van der Waals surface area (Å²) in [6.07, 6.45) is 7.95. The van der Waals surface area contributed by atoms with Crippen LogP contribution in [0, 0.1) is 5.41 Å². The van der Waals surface area contributed by atoms with Crippen LogP contribution in [0.2, 0.25) is 0 Å². The van der Waals surface area contributed by atoms with Crippen molar-refractivity contribution in [2.45, 2.75) is 38.6 Å². The Balaban J connectivity index is 1.71. The van der Waals surface area contributed by atoms with Crippen LogP contribution in [0.25, 0.3) is 11.0 Å². The quantitative estimate of drug-likeness (QED) is 0.759. The molecule has 22 heavy (non-hydrogen) atoms. The van der Waals surface area contributed by atoms with Crippen LogP contribution < -0.4 is 10.6 Å². The molecule has 1 saturated carbocycles. The van der Waals surface area contributed by atoms with Gasteiger partial charge in [0.2, 0.25) is 0 Å². The third kappa shape index (κ3) is 2.29. The molecule has 0 bridgehead atoms. The molecular formula is C17H22N4O. The summed E-state index contributed by atoms with van der Waals surface area (Å²) in [7, 11) is 0. The molecule has 3 heterocycles. The van der Waals surface area contributed by atoms with Crippen molar-refractivity contribution in [1.29, 1.82) is 0 Å². The van der Waals surface area contributed by atoms with Crippen molar-refractivity contribution >= 4 is 22.5 Å². The molecular weight excluding hydrogens is 276 g/mol. The summed E-state index contributed by atoms with van der Waals surface area (Å²) in [5, 5.41) is 7.97. The highest BCUT2D eigenvalue weighted by Gasteiger charge is 2.45. The van der Waals surface area contributed by atoms with Gasteiger partial charge in [0, 0.05) is 41.6 Å². The maximum atomic E-state index is 12.8. The van der Waals surface area contributed by atoms with E-state index in [1.54, 1.807) is 6.20 Å². The number of rotatable bonds is 4. The number of H-pyrrole nitrogens is 1. The van der Waals surface area contributed by atoms with Crippen LogP contribution in [0.1, 0.15) is 43.0 Å². The Kier molecular flexibility index (Phi) is 3.18. The number of aromatic amines is 1. The van der Waals surface area contributed by atoms with E-state index in [0.717, 1.165) is 54.6 Å². The van der Waals surface area contributed by atoms with Gasteiger partial charge in [-0.25, -0.2) is 4.98 Å². The molecule has 1 atom stereocenters. The minimum absolute atomic E-state index is 0.158. The number of nitrogens with zero attached hydrogens (tertiary/aromatic N) is 1. The smallest absolute Gasteiger partial charge is 0.171 e. The fourth-order valence-corrected chi connectivity index (χ4v) is 3.29. The minimum atomic E-state index is -0.158. The number of fused-ring (bicyclic) bond motifs is 1. The maximum Gasteiger partial charge on any atom is 0.171 e. The summed E-state index contributed by atoms with van der Waals surface area (Å²) in [6, 6.07) is 2.39. The summed E-state index contributed by atoms with van der Waals surface area (Å²) >= 11 is 0. The van der Waals surface area contributed by atoms with Crippen LogP contribution in [0.5, 0.6) is 0 Å². The van der Waals surface area contributed by atoms with E-state index in [9.17, 15) is 4.79 Å². The minimum Gasteiger partial charge on any atom is -0.380 e. The molecule has 3 N–H and O–H groups in total. The summed E-state index contributed by atoms with van der Waals surface area (Å²) < 4.78 is 0. The maximum absolute atomic E-state index is 12.8. The van der Waals surface area contributed by atoms with Crippen LogP contribution in [0.4, 0.5) is 5.69 Å². The van der Waals surface area contributed by atoms with Crippen molar-refractivity contribution in [2.75, 3.05) is 18.4 Å². The molecule has 1 saturated heterocycles. The molecule has 4 rings (SSSR count). The molecule has 1 aliphatic carbocycles. The number of aromatic nitrogens is 2. The molecule has 0 spiro atoms. The summed E-state index contributed by atoms with van der Waals surface area (Å²) in [5.74, 6) is 0.247. The second-order valence-electron chi connectivity index (χ2n) is 6.86. The highest BCUT2D eigenvalue weighted by atomic mass is 16.1. The molecule has 0 aromatic carbocycles. The molecule has 116 valence electrons. The number of ketones is 1. The van der Waals surface area contributed by atoms with E-state index in [4.69, 9.17) is 0 Å². The topological polar surface area (TPSA) is 69.8 Å². The number of carbonyl (C=O) groups is 1. The Morgan fingerprint density at radius 2 is 2.32 bits per heavy atom. The second kappa shape index (κ2) is 5.09. The van der Waals surface area contributed by atoms with Gasteiger partial charge in [0.25, 0.3) is 0 Å². The van der Waals surface area contributed by atoms with Gasteiger partial charge < -0.3 is 15.6 Å². The van der Waals surface area contributed by atoms with Crippen LogP contribution in [0.15, 0.2) is 18.5 Å². The molecule has 2 fully saturated rings. The van der Waals surface area contributed by atoms with Crippen LogP contribution in [-0.2, 0) is 0 Å². The molecule has 0 radical (unpaired) electrons. The highest BCUT2D eigenvalue weighted by molar-refractivity contribution is 6.14. The Labute approximate surface area is 129 Å². The number of anilines is 1. The van der Waals surface area contributed by atoms with E-state index in [2.05, 4.69) is 27.5 Å². The van der Waals surface area contributed by atoms with E-state index in [-0.39, 0.29) is 11.2 Å².